The summed E-state index contributed by atoms with van der Waals surface area (Å²) in [7, 11) is 0. The molecule has 1 aliphatic rings. The highest BCUT2D eigenvalue weighted by molar-refractivity contribution is 6.19. The van der Waals surface area contributed by atoms with Gasteiger partial charge in [-0.25, -0.2) is 4.79 Å². The average molecular weight is 247 g/mol. The summed E-state index contributed by atoms with van der Waals surface area (Å²) in [5.41, 5.74) is 0. The van der Waals surface area contributed by atoms with Crippen LogP contribution in [0.5, 0.6) is 0 Å². The maximum absolute atomic E-state index is 11.8. The molecule has 0 aromatic carbocycles. The van der Waals surface area contributed by atoms with Crippen molar-refractivity contribution < 1.29 is 9.59 Å². The van der Waals surface area contributed by atoms with Gasteiger partial charge in [-0.15, -0.1) is 11.6 Å². The molecule has 1 atom stereocenters. The first-order valence-electron chi connectivity index (χ1n) is 5.85. The zero-order valence-corrected chi connectivity index (χ0v) is 10.4. The second-order valence-corrected chi connectivity index (χ2v) is 4.42. The van der Waals surface area contributed by atoms with Gasteiger partial charge < -0.3 is 4.90 Å². The number of carbonyl (C=O) groups is 2. The monoisotopic (exact) mass is 246 g/mol. The van der Waals surface area contributed by atoms with E-state index >= 15 is 0 Å². The number of alkyl halides is 1. The SMILES string of the molecule is CCC1CCCCN1C(=O)NC(=O)CCCl. The summed E-state index contributed by atoms with van der Waals surface area (Å²) in [5.74, 6) is -0.0449. The van der Waals surface area contributed by atoms with Crippen LogP contribution in [0.15, 0.2) is 0 Å². The fourth-order valence-electron chi connectivity index (χ4n) is 2.03. The molecule has 1 N–H and O–H groups in total. The third kappa shape index (κ3) is 3.67. The van der Waals surface area contributed by atoms with Crippen molar-refractivity contribution in [3.63, 3.8) is 0 Å². The van der Waals surface area contributed by atoms with Gasteiger partial charge in [-0.1, -0.05) is 6.92 Å². The van der Waals surface area contributed by atoms with Crippen LogP contribution in [-0.2, 0) is 4.79 Å². The lowest BCUT2D eigenvalue weighted by Crippen LogP contribution is -2.50. The number of hydrogen-bond donors (Lipinski definition) is 1. The van der Waals surface area contributed by atoms with Crippen molar-refractivity contribution in [3.05, 3.63) is 0 Å². The largest absolute Gasteiger partial charge is 0.324 e. The second kappa shape index (κ2) is 6.74. The first-order valence-corrected chi connectivity index (χ1v) is 6.39. The minimum absolute atomic E-state index is 0.192. The van der Waals surface area contributed by atoms with E-state index in [2.05, 4.69) is 12.2 Å². The van der Waals surface area contributed by atoms with Gasteiger partial charge in [-0.05, 0) is 25.7 Å². The van der Waals surface area contributed by atoms with Crippen LogP contribution >= 0.6 is 11.6 Å². The number of hydrogen-bond acceptors (Lipinski definition) is 2. The topological polar surface area (TPSA) is 49.4 Å². The Morgan fingerprint density at radius 1 is 1.44 bits per heavy atom. The lowest BCUT2D eigenvalue weighted by Gasteiger charge is -2.34. The Labute approximate surface area is 101 Å². The van der Waals surface area contributed by atoms with Crippen molar-refractivity contribution in [1.29, 1.82) is 0 Å². The van der Waals surface area contributed by atoms with Crippen molar-refractivity contribution in [3.8, 4) is 0 Å². The molecule has 1 heterocycles. The summed E-state index contributed by atoms with van der Waals surface area (Å²) in [4.78, 5) is 24.8. The van der Waals surface area contributed by atoms with Gasteiger partial charge in [0, 0.05) is 24.9 Å². The molecule has 1 saturated heterocycles. The number of likely N-dealkylation sites (tertiary alicyclic amines) is 1. The molecule has 0 saturated carbocycles. The number of rotatable bonds is 3. The summed E-state index contributed by atoms with van der Waals surface area (Å²) in [5, 5.41) is 2.38. The van der Waals surface area contributed by atoms with E-state index in [1.54, 1.807) is 4.90 Å². The third-order valence-corrected chi connectivity index (χ3v) is 3.12. The number of nitrogens with zero attached hydrogens (tertiary/aromatic N) is 1. The highest BCUT2D eigenvalue weighted by Gasteiger charge is 2.25. The number of piperidine rings is 1. The van der Waals surface area contributed by atoms with Gasteiger partial charge in [0.25, 0.3) is 0 Å². The molecule has 1 fully saturated rings. The fourth-order valence-corrected chi connectivity index (χ4v) is 2.20. The molecule has 1 rings (SSSR count). The maximum atomic E-state index is 11.8. The molecule has 3 amide bonds. The van der Waals surface area contributed by atoms with Crippen LogP contribution < -0.4 is 5.32 Å². The Kier molecular flexibility index (Phi) is 5.60. The minimum atomic E-state index is -0.291. The van der Waals surface area contributed by atoms with Gasteiger partial charge in [0.1, 0.15) is 0 Å². The molecule has 5 heteroatoms. The van der Waals surface area contributed by atoms with Crippen molar-refractivity contribution in [1.82, 2.24) is 10.2 Å². The lowest BCUT2D eigenvalue weighted by atomic mass is 10.0. The Bertz CT molecular complexity index is 258. The van der Waals surface area contributed by atoms with Crippen LogP contribution in [0.25, 0.3) is 0 Å². The Morgan fingerprint density at radius 2 is 2.19 bits per heavy atom. The predicted octanol–water partition coefficient (Wildman–Crippen LogP) is 2.12. The van der Waals surface area contributed by atoms with Crippen molar-refractivity contribution >= 4 is 23.5 Å². The Hall–Kier alpha value is -0.770. The number of amides is 3. The quantitative estimate of drug-likeness (QED) is 0.776. The standard InChI is InChI=1S/C11H19ClN2O2/c1-2-9-5-3-4-8-14(9)11(16)13-10(15)6-7-12/h9H,2-8H2,1H3,(H,13,15,16). The summed E-state index contributed by atoms with van der Waals surface area (Å²) < 4.78 is 0. The predicted molar refractivity (Wildman–Crippen MR) is 63.5 cm³/mol. The molecule has 0 aromatic heterocycles. The van der Waals surface area contributed by atoms with Gasteiger partial charge in [0.15, 0.2) is 0 Å². The summed E-state index contributed by atoms with van der Waals surface area (Å²) in [6.45, 7) is 2.81. The minimum Gasteiger partial charge on any atom is -0.321 e. The zero-order valence-electron chi connectivity index (χ0n) is 9.67. The number of carbonyl (C=O) groups excluding carboxylic acids is 2. The molecule has 0 bridgehead atoms. The van der Waals surface area contributed by atoms with Crippen molar-refractivity contribution in [2.45, 2.75) is 45.1 Å². The molecule has 0 radical (unpaired) electrons. The van der Waals surface area contributed by atoms with E-state index in [9.17, 15) is 9.59 Å². The second-order valence-electron chi connectivity index (χ2n) is 4.04. The molecule has 1 aliphatic heterocycles. The molecule has 92 valence electrons. The van der Waals surface area contributed by atoms with E-state index in [1.807, 2.05) is 0 Å². The molecule has 16 heavy (non-hydrogen) atoms. The third-order valence-electron chi connectivity index (χ3n) is 2.93. The highest BCUT2D eigenvalue weighted by atomic mass is 35.5. The summed E-state index contributed by atoms with van der Waals surface area (Å²) in [6, 6.07) is 0.0132. The highest BCUT2D eigenvalue weighted by Crippen LogP contribution is 2.19. The number of nitrogens with one attached hydrogen (secondary N) is 1. The van der Waals surface area contributed by atoms with E-state index in [0.717, 1.165) is 32.2 Å². The van der Waals surface area contributed by atoms with Gasteiger partial charge >= 0.3 is 6.03 Å². The van der Waals surface area contributed by atoms with Gasteiger partial charge in [0.2, 0.25) is 5.91 Å². The van der Waals surface area contributed by atoms with E-state index in [0.29, 0.717) is 0 Å². The van der Waals surface area contributed by atoms with E-state index in [1.165, 1.54) is 0 Å². The molecule has 1 unspecified atom stereocenters. The van der Waals surface area contributed by atoms with Gasteiger partial charge in [0.05, 0.1) is 0 Å². The first kappa shape index (κ1) is 13.3. The van der Waals surface area contributed by atoms with Crippen LogP contribution in [0.4, 0.5) is 4.79 Å². The Morgan fingerprint density at radius 3 is 2.81 bits per heavy atom. The van der Waals surface area contributed by atoms with Crippen LogP contribution in [0.2, 0.25) is 0 Å². The van der Waals surface area contributed by atoms with Crippen LogP contribution in [0, 0.1) is 0 Å². The normalized spacial score (nSPS) is 20.6. The lowest BCUT2D eigenvalue weighted by molar-refractivity contribution is -0.119. The van der Waals surface area contributed by atoms with Crippen molar-refractivity contribution in [2.24, 2.45) is 0 Å². The molecular weight excluding hydrogens is 228 g/mol. The zero-order chi connectivity index (χ0) is 12.0. The molecule has 0 aromatic rings. The van der Waals surface area contributed by atoms with Crippen LogP contribution in [-0.4, -0.2) is 35.3 Å². The van der Waals surface area contributed by atoms with E-state index in [-0.39, 0.29) is 30.3 Å². The number of halogens is 1. The van der Waals surface area contributed by atoms with Crippen LogP contribution in [0.3, 0.4) is 0 Å². The Balaban J connectivity index is 2.47. The molecule has 4 nitrogen and oxygen atoms in total. The molecule has 0 spiro atoms. The summed E-state index contributed by atoms with van der Waals surface area (Å²) in [6.07, 6.45) is 4.36. The first-order chi connectivity index (χ1) is 7.69. The van der Waals surface area contributed by atoms with Gasteiger partial charge in [-0.2, -0.15) is 0 Å². The maximum Gasteiger partial charge on any atom is 0.324 e. The van der Waals surface area contributed by atoms with Crippen molar-refractivity contribution in [2.75, 3.05) is 12.4 Å². The van der Waals surface area contributed by atoms with Crippen LogP contribution in [0.1, 0.15) is 39.0 Å². The number of imide groups is 1. The van der Waals surface area contributed by atoms with Gasteiger partial charge in [-0.3, -0.25) is 10.1 Å². The summed E-state index contributed by atoms with van der Waals surface area (Å²) >= 11 is 5.44. The smallest absolute Gasteiger partial charge is 0.321 e. The fraction of sp³-hybridized carbons (Fsp3) is 0.818. The van der Waals surface area contributed by atoms with E-state index in [4.69, 9.17) is 11.6 Å². The van der Waals surface area contributed by atoms with E-state index < -0.39 is 0 Å². The molecular formula is C11H19ClN2O2. The average Bonchev–Trinajstić information content (AvgIpc) is 2.29. The molecule has 0 aliphatic carbocycles. The number of urea groups is 1.